The van der Waals surface area contributed by atoms with Crippen LogP contribution in [0.3, 0.4) is 0 Å². The lowest BCUT2D eigenvalue weighted by molar-refractivity contribution is 0.0954. The zero-order valence-corrected chi connectivity index (χ0v) is 15.9. The predicted octanol–water partition coefficient (Wildman–Crippen LogP) is 3.70. The molecule has 2 aromatic carbocycles. The molecule has 9 heteroatoms. The van der Waals surface area contributed by atoms with Crippen LogP contribution in [-0.4, -0.2) is 32.4 Å². The van der Waals surface area contributed by atoms with Gasteiger partial charge in [-0.2, -0.15) is 5.10 Å². The molecular formula is C20H16FN5O2S. The number of hydrogen-bond donors (Lipinski definition) is 2. The molecule has 0 bridgehead atoms. The number of halogens is 1. The minimum Gasteiger partial charge on any atom is -0.409 e. The summed E-state index contributed by atoms with van der Waals surface area (Å²) in [5.41, 5.74) is 2.85. The minimum absolute atomic E-state index is 0.183. The number of amides is 1. The molecule has 0 aliphatic heterocycles. The molecule has 0 atom stereocenters. The van der Waals surface area contributed by atoms with Gasteiger partial charge in [0, 0.05) is 30.3 Å². The second kappa shape index (κ2) is 8.19. The zero-order valence-electron chi connectivity index (χ0n) is 15.1. The predicted molar refractivity (Wildman–Crippen MR) is 107 cm³/mol. The Hall–Kier alpha value is -3.59. The lowest BCUT2D eigenvalue weighted by Crippen LogP contribution is -2.25. The second-order valence-corrected chi connectivity index (χ2v) is 6.60. The van der Waals surface area contributed by atoms with Crippen LogP contribution >= 0.6 is 12.2 Å². The highest BCUT2D eigenvalue weighted by atomic mass is 32.1. The molecule has 146 valence electrons. The van der Waals surface area contributed by atoms with E-state index in [1.807, 2.05) is 6.07 Å². The van der Waals surface area contributed by atoms with E-state index in [0.717, 1.165) is 16.9 Å². The highest BCUT2D eigenvalue weighted by Crippen LogP contribution is 2.17. The van der Waals surface area contributed by atoms with Crippen LogP contribution in [0.4, 0.5) is 4.39 Å². The number of aromatic amines is 1. The Balaban J connectivity index is 1.32. The molecule has 7 nitrogen and oxygen atoms in total. The van der Waals surface area contributed by atoms with Gasteiger partial charge in [-0.15, -0.1) is 5.10 Å². The highest BCUT2D eigenvalue weighted by Gasteiger charge is 2.09. The molecular weight excluding hydrogens is 393 g/mol. The minimum atomic E-state index is -0.291. The molecule has 29 heavy (non-hydrogen) atoms. The SMILES string of the molecule is O=C(NCCc1ccn(-c2ccc(F)cc2)n1)c1ccc(-c2n[nH]c(=S)o2)cc1. The third-order valence-corrected chi connectivity index (χ3v) is 4.41. The summed E-state index contributed by atoms with van der Waals surface area (Å²) in [6.45, 7) is 0.440. The number of carbonyl (C=O) groups is 1. The first-order valence-electron chi connectivity index (χ1n) is 8.83. The number of rotatable bonds is 6. The summed E-state index contributed by atoms with van der Waals surface area (Å²) in [4.78, 5) is 12.5. The number of nitrogens with zero attached hydrogens (tertiary/aromatic N) is 3. The van der Waals surface area contributed by atoms with Gasteiger partial charge in [0.1, 0.15) is 5.82 Å². The van der Waals surface area contributed by atoms with Crippen molar-refractivity contribution in [1.29, 1.82) is 0 Å². The summed E-state index contributed by atoms with van der Waals surface area (Å²) >= 11 is 4.85. The fourth-order valence-corrected chi connectivity index (χ4v) is 2.88. The number of hydrogen-bond acceptors (Lipinski definition) is 5. The first kappa shape index (κ1) is 18.8. The highest BCUT2D eigenvalue weighted by molar-refractivity contribution is 7.71. The van der Waals surface area contributed by atoms with Crippen LogP contribution < -0.4 is 5.32 Å². The number of H-pyrrole nitrogens is 1. The van der Waals surface area contributed by atoms with Crippen molar-refractivity contribution >= 4 is 18.1 Å². The van der Waals surface area contributed by atoms with Gasteiger partial charge in [0.05, 0.1) is 11.4 Å². The van der Waals surface area contributed by atoms with Crippen molar-refractivity contribution in [1.82, 2.24) is 25.3 Å². The van der Waals surface area contributed by atoms with Gasteiger partial charge in [-0.3, -0.25) is 4.79 Å². The van der Waals surface area contributed by atoms with E-state index in [0.29, 0.717) is 24.4 Å². The first-order valence-corrected chi connectivity index (χ1v) is 9.24. The summed E-state index contributed by atoms with van der Waals surface area (Å²) in [5.74, 6) is -0.100. The summed E-state index contributed by atoms with van der Waals surface area (Å²) in [6.07, 6.45) is 2.38. The molecule has 0 spiro atoms. The molecule has 0 unspecified atom stereocenters. The fourth-order valence-electron chi connectivity index (χ4n) is 2.76. The maximum Gasteiger partial charge on any atom is 0.284 e. The molecule has 0 fully saturated rings. The Morgan fingerprint density at radius 1 is 1.14 bits per heavy atom. The molecule has 0 saturated carbocycles. The summed E-state index contributed by atoms with van der Waals surface area (Å²) in [7, 11) is 0. The number of nitrogens with one attached hydrogen (secondary N) is 2. The van der Waals surface area contributed by atoms with Crippen molar-refractivity contribution in [2.24, 2.45) is 0 Å². The van der Waals surface area contributed by atoms with Crippen molar-refractivity contribution < 1.29 is 13.6 Å². The van der Waals surface area contributed by atoms with Crippen molar-refractivity contribution in [2.75, 3.05) is 6.54 Å². The van der Waals surface area contributed by atoms with E-state index in [9.17, 15) is 9.18 Å². The zero-order chi connectivity index (χ0) is 20.2. The van der Waals surface area contributed by atoms with E-state index in [1.165, 1.54) is 12.1 Å². The lowest BCUT2D eigenvalue weighted by Gasteiger charge is -2.05. The number of carbonyl (C=O) groups excluding carboxylic acids is 1. The molecule has 0 aliphatic rings. The third-order valence-electron chi connectivity index (χ3n) is 4.23. The molecule has 4 rings (SSSR count). The van der Waals surface area contributed by atoms with Gasteiger partial charge in [-0.05, 0) is 66.8 Å². The largest absolute Gasteiger partial charge is 0.409 e. The Kier molecular flexibility index (Phi) is 5.30. The Bertz CT molecular complexity index is 1180. The van der Waals surface area contributed by atoms with Crippen molar-refractivity contribution in [2.45, 2.75) is 6.42 Å². The van der Waals surface area contributed by atoms with Crippen LogP contribution in [0.1, 0.15) is 16.1 Å². The van der Waals surface area contributed by atoms with Crippen LogP contribution in [0.2, 0.25) is 0 Å². The van der Waals surface area contributed by atoms with Crippen molar-refractivity contribution in [3.05, 3.63) is 82.7 Å². The number of benzene rings is 2. The quantitative estimate of drug-likeness (QED) is 0.474. The Labute approximate surface area is 170 Å². The van der Waals surface area contributed by atoms with Gasteiger partial charge >= 0.3 is 0 Å². The smallest absolute Gasteiger partial charge is 0.284 e. The molecule has 4 aromatic rings. The van der Waals surface area contributed by atoms with E-state index in [-0.39, 0.29) is 16.6 Å². The molecule has 2 aromatic heterocycles. The topological polar surface area (TPSA) is 88.7 Å². The molecule has 0 aliphatic carbocycles. The van der Waals surface area contributed by atoms with Gasteiger partial charge in [0.25, 0.3) is 10.7 Å². The van der Waals surface area contributed by atoms with Gasteiger partial charge in [-0.25, -0.2) is 14.2 Å². The van der Waals surface area contributed by atoms with Gasteiger partial charge in [0.15, 0.2) is 0 Å². The molecule has 2 heterocycles. The van der Waals surface area contributed by atoms with Crippen LogP contribution in [-0.2, 0) is 6.42 Å². The van der Waals surface area contributed by atoms with Crippen LogP contribution in [0, 0.1) is 10.7 Å². The molecule has 1 amide bonds. The van der Waals surface area contributed by atoms with Crippen LogP contribution in [0.25, 0.3) is 17.1 Å². The van der Waals surface area contributed by atoms with E-state index < -0.39 is 0 Å². The van der Waals surface area contributed by atoms with E-state index >= 15 is 0 Å². The van der Waals surface area contributed by atoms with E-state index in [4.69, 9.17) is 16.6 Å². The van der Waals surface area contributed by atoms with Crippen molar-refractivity contribution in [3.8, 4) is 17.1 Å². The Morgan fingerprint density at radius 2 is 1.90 bits per heavy atom. The average Bonchev–Trinajstić information content (AvgIpc) is 3.38. The van der Waals surface area contributed by atoms with Crippen LogP contribution in [0.15, 0.2) is 65.2 Å². The molecule has 2 N–H and O–H groups in total. The maximum absolute atomic E-state index is 13.0. The third kappa shape index (κ3) is 4.46. The monoisotopic (exact) mass is 409 g/mol. The fraction of sp³-hybridized carbons (Fsp3) is 0.100. The summed E-state index contributed by atoms with van der Waals surface area (Å²) in [5, 5.41) is 13.8. The van der Waals surface area contributed by atoms with Crippen LogP contribution in [0.5, 0.6) is 0 Å². The average molecular weight is 409 g/mol. The van der Waals surface area contributed by atoms with Gasteiger partial charge in [0.2, 0.25) is 5.89 Å². The van der Waals surface area contributed by atoms with Gasteiger partial charge < -0.3 is 9.73 Å². The molecule has 0 saturated heterocycles. The standard InChI is InChI=1S/C20H16FN5O2S/c21-15-5-7-17(8-6-15)26-12-10-16(25-26)9-11-22-18(27)13-1-3-14(4-2-13)19-23-24-20(29)28-19/h1-8,10,12H,9,11H2,(H,22,27)(H,24,29). The normalized spacial score (nSPS) is 10.8. The molecule has 0 radical (unpaired) electrons. The summed E-state index contributed by atoms with van der Waals surface area (Å²) < 4.78 is 19.9. The number of aromatic nitrogens is 4. The maximum atomic E-state index is 13.0. The van der Waals surface area contributed by atoms with E-state index in [2.05, 4.69) is 20.6 Å². The second-order valence-electron chi connectivity index (χ2n) is 6.23. The lowest BCUT2D eigenvalue weighted by atomic mass is 10.1. The first-order chi connectivity index (χ1) is 14.1. The van der Waals surface area contributed by atoms with Gasteiger partial charge in [-0.1, -0.05) is 0 Å². The Morgan fingerprint density at radius 3 is 2.59 bits per heavy atom. The van der Waals surface area contributed by atoms with Crippen molar-refractivity contribution in [3.63, 3.8) is 0 Å². The van der Waals surface area contributed by atoms with E-state index in [1.54, 1.807) is 47.3 Å². The summed E-state index contributed by atoms with van der Waals surface area (Å²) in [6, 6.07) is 14.8.